The highest BCUT2D eigenvalue weighted by molar-refractivity contribution is 7.89. The van der Waals surface area contributed by atoms with Gasteiger partial charge in [0.15, 0.2) is 0 Å². The summed E-state index contributed by atoms with van der Waals surface area (Å²) in [4.78, 5) is 0. The molecule has 0 amide bonds. The molecule has 1 aromatic carbocycles. The molecule has 5 heteroatoms. The largest absolute Gasteiger partial charge is 0.298 e. The summed E-state index contributed by atoms with van der Waals surface area (Å²) in [6.45, 7) is 0.511. The maximum Gasteiger partial charge on any atom is 0.222 e. The van der Waals surface area contributed by atoms with Crippen LogP contribution in [0, 0.1) is 0 Å². The van der Waals surface area contributed by atoms with Crippen LogP contribution in [-0.2, 0) is 16.6 Å². The van der Waals surface area contributed by atoms with E-state index in [4.69, 9.17) is 5.14 Å². The highest BCUT2D eigenvalue weighted by Crippen LogP contribution is 1.96. The van der Waals surface area contributed by atoms with E-state index in [1.165, 1.54) is 0 Å². The fourth-order valence-electron chi connectivity index (χ4n) is 0.933. The fraction of sp³-hybridized carbons (Fsp3) is 0.250. The Hall–Kier alpha value is -0.910. The SMILES string of the molecule is NS(=O)(=O)CNCc1ccccc1. The van der Waals surface area contributed by atoms with Crippen LogP contribution in [0.2, 0.25) is 0 Å². The molecule has 4 nitrogen and oxygen atoms in total. The van der Waals surface area contributed by atoms with Crippen LogP contribution in [0.5, 0.6) is 0 Å². The van der Waals surface area contributed by atoms with Crippen LogP contribution in [0.25, 0.3) is 0 Å². The van der Waals surface area contributed by atoms with Crippen LogP contribution in [0.4, 0.5) is 0 Å². The minimum absolute atomic E-state index is 0.193. The van der Waals surface area contributed by atoms with Crippen molar-refractivity contribution in [3.05, 3.63) is 35.9 Å². The number of hydrogen-bond donors (Lipinski definition) is 2. The summed E-state index contributed by atoms with van der Waals surface area (Å²) in [5.41, 5.74) is 1.03. The number of nitrogens with one attached hydrogen (secondary N) is 1. The molecular formula is C8H12N2O2S. The Morgan fingerprint density at radius 1 is 1.23 bits per heavy atom. The second-order valence-electron chi connectivity index (χ2n) is 2.72. The van der Waals surface area contributed by atoms with Crippen LogP contribution in [0.15, 0.2) is 30.3 Å². The minimum Gasteiger partial charge on any atom is -0.298 e. The number of sulfonamides is 1. The monoisotopic (exact) mass is 200 g/mol. The average molecular weight is 200 g/mol. The summed E-state index contributed by atoms with van der Waals surface area (Å²) < 4.78 is 21.1. The number of nitrogens with two attached hydrogens (primary N) is 1. The van der Waals surface area contributed by atoms with Crippen LogP contribution < -0.4 is 10.5 Å². The summed E-state index contributed by atoms with van der Waals surface area (Å²) in [5, 5.41) is 7.54. The van der Waals surface area contributed by atoms with Gasteiger partial charge in [-0.05, 0) is 5.56 Å². The number of rotatable bonds is 4. The van der Waals surface area contributed by atoms with Crippen molar-refractivity contribution < 1.29 is 8.42 Å². The lowest BCUT2D eigenvalue weighted by Gasteiger charge is -2.02. The molecule has 0 aliphatic carbocycles. The number of hydrogen-bond acceptors (Lipinski definition) is 3. The third-order valence-electron chi connectivity index (χ3n) is 1.48. The van der Waals surface area contributed by atoms with E-state index < -0.39 is 10.0 Å². The smallest absolute Gasteiger partial charge is 0.222 e. The molecule has 0 aliphatic heterocycles. The van der Waals surface area contributed by atoms with Gasteiger partial charge in [-0.25, -0.2) is 13.6 Å². The Labute approximate surface area is 77.8 Å². The molecule has 0 saturated heterocycles. The first-order chi connectivity index (χ1) is 6.08. The van der Waals surface area contributed by atoms with Gasteiger partial charge in [0.1, 0.15) is 5.88 Å². The molecule has 3 N–H and O–H groups in total. The van der Waals surface area contributed by atoms with Gasteiger partial charge in [0.05, 0.1) is 0 Å². The summed E-state index contributed by atoms with van der Waals surface area (Å²) in [5.74, 6) is -0.193. The molecule has 0 bridgehead atoms. The Morgan fingerprint density at radius 3 is 2.38 bits per heavy atom. The quantitative estimate of drug-likeness (QED) is 0.719. The number of benzene rings is 1. The second kappa shape index (κ2) is 4.36. The van der Waals surface area contributed by atoms with Crippen LogP contribution >= 0.6 is 0 Å². The zero-order valence-electron chi connectivity index (χ0n) is 7.10. The first-order valence-corrected chi connectivity index (χ1v) is 5.54. The van der Waals surface area contributed by atoms with E-state index in [0.29, 0.717) is 6.54 Å². The highest BCUT2D eigenvalue weighted by atomic mass is 32.2. The molecule has 0 aromatic heterocycles. The topological polar surface area (TPSA) is 72.2 Å². The molecule has 72 valence electrons. The molecule has 0 radical (unpaired) electrons. The molecule has 0 unspecified atom stereocenters. The Bertz CT molecular complexity index is 348. The zero-order valence-corrected chi connectivity index (χ0v) is 7.92. The standard InChI is InChI=1S/C8H12N2O2S/c9-13(11,12)7-10-6-8-4-2-1-3-5-8/h1-5,10H,6-7H2,(H2,9,11,12). The zero-order chi connectivity index (χ0) is 9.73. The lowest BCUT2D eigenvalue weighted by Crippen LogP contribution is -2.28. The van der Waals surface area contributed by atoms with Crippen molar-refractivity contribution in [1.82, 2.24) is 5.32 Å². The van der Waals surface area contributed by atoms with Gasteiger partial charge in [-0.3, -0.25) is 5.32 Å². The fourth-order valence-corrected chi connectivity index (χ4v) is 1.32. The Balaban J connectivity index is 2.37. The van der Waals surface area contributed by atoms with E-state index in [-0.39, 0.29) is 5.88 Å². The predicted molar refractivity (Wildman–Crippen MR) is 51.3 cm³/mol. The van der Waals surface area contributed by atoms with E-state index in [1.807, 2.05) is 30.3 Å². The van der Waals surface area contributed by atoms with Gasteiger partial charge in [-0.15, -0.1) is 0 Å². The van der Waals surface area contributed by atoms with E-state index in [9.17, 15) is 8.42 Å². The summed E-state index contributed by atoms with van der Waals surface area (Å²) in [7, 11) is -3.41. The van der Waals surface area contributed by atoms with Gasteiger partial charge in [0.25, 0.3) is 0 Å². The highest BCUT2D eigenvalue weighted by Gasteiger charge is 2.00. The molecule has 0 fully saturated rings. The third-order valence-corrected chi connectivity index (χ3v) is 2.08. The van der Waals surface area contributed by atoms with Crippen molar-refractivity contribution in [2.45, 2.75) is 6.54 Å². The molecule has 0 spiro atoms. The van der Waals surface area contributed by atoms with Gasteiger partial charge in [0.2, 0.25) is 10.0 Å². The van der Waals surface area contributed by atoms with Crippen LogP contribution in [0.3, 0.4) is 0 Å². The van der Waals surface area contributed by atoms with E-state index in [1.54, 1.807) is 0 Å². The predicted octanol–water partition coefficient (Wildman–Crippen LogP) is 0.0222. The maximum absolute atomic E-state index is 10.5. The van der Waals surface area contributed by atoms with Crippen LogP contribution in [0.1, 0.15) is 5.56 Å². The average Bonchev–Trinajstić information content (AvgIpc) is 2.04. The van der Waals surface area contributed by atoms with Gasteiger partial charge in [0, 0.05) is 6.54 Å². The Morgan fingerprint density at radius 2 is 1.85 bits per heavy atom. The van der Waals surface area contributed by atoms with Crippen molar-refractivity contribution in [3.63, 3.8) is 0 Å². The molecule has 0 saturated carbocycles. The van der Waals surface area contributed by atoms with E-state index in [2.05, 4.69) is 5.32 Å². The van der Waals surface area contributed by atoms with Gasteiger partial charge >= 0.3 is 0 Å². The molecule has 1 rings (SSSR count). The van der Waals surface area contributed by atoms with E-state index >= 15 is 0 Å². The van der Waals surface area contributed by atoms with Crippen molar-refractivity contribution in [1.29, 1.82) is 0 Å². The normalized spacial score (nSPS) is 11.5. The second-order valence-corrected chi connectivity index (χ2v) is 4.33. The number of primary sulfonamides is 1. The molecule has 1 aromatic rings. The van der Waals surface area contributed by atoms with Gasteiger partial charge in [-0.1, -0.05) is 30.3 Å². The van der Waals surface area contributed by atoms with Crippen molar-refractivity contribution in [3.8, 4) is 0 Å². The Kier molecular flexibility index (Phi) is 3.41. The summed E-state index contributed by atoms with van der Waals surface area (Å²) in [6, 6.07) is 9.53. The third kappa shape index (κ3) is 4.62. The van der Waals surface area contributed by atoms with Gasteiger partial charge in [-0.2, -0.15) is 0 Å². The summed E-state index contributed by atoms with van der Waals surface area (Å²) >= 11 is 0. The van der Waals surface area contributed by atoms with Crippen LogP contribution in [-0.4, -0.2) is 14.3 Å². The lowest BCUT2D eigenvalue weighted by atomic mass is 10.2. The lowest BCUT2D eigenvalue weighted by molar-refractivity contribution is 0.588. The molecule has 0 atom stereocenters. The maximum atomic E-state index is 10.5. The van der Waals surface area contributed by atoms with Crippen molar-refractivity contribution in [2.24, 2.45) is 5.14 Å². The molecule has 0 aliphatic rings. The van der Waals surface area contributed by atoms with Crippen molar-refractivity contribution >= 4 is 10.0 Å². The first kappa shape index (κ1) is 10.2. The molecule has 0 heterocycles. The minimum atomic E-state index is -3.41. The van der Waals surface area contributed by atoms with Crippen molar-refractivity contribution in [2.75, 3.05) is 5.88 Å². The van der Waals surface area contributed by atoms with Gasteiger partial charge < -0.3 is 0 Å². The molecule has 13 heavy (non-hydrogen) atoms. The molecular weight excluding hydrogens is 188 g/mol. The first-order valence-electron chi connectivity index (χ1n) is 3.83. The summed E-state index contributed by atoms with van der Waals surface area (Å²) in [6.07, 6.45) is 0. The van der Waals surface area contributed by atoms with E-state index in [0.717, 1.165) is 5.56 Å².